The van der Waals surface area contributed by atoms with Crippen LogP contribution in [0.3, 0.4) is 0 Å². The Morgan fingerprint density at radius 3 is 2.89 bits per heavy atom. The van der Waals surface area contributed by atoms with Crippen molar-refractivity contribution >= 4 is 11.5 Å². The Balaban J connectivity index is 2.21. The van der Waals surface area contributed by atoms with Crippen LogP contribution in [-0.2, 0) is 11.2 Å². The van der Waals surface area contributed by atoms with Gasteiger partial charge in [-0.05, 0) is 18.1 Å². The number of nitrogens with zero attached hydrogens (tertiary/aromatic N) is 1. The van der Waals surface area contributed by atoms with Gasteiger partial charge in [-0.1, -0.05) is 0 Å². The smallest absolute Gasteiger partial charge is 0.273 e. The summed E-state index contributed by atoms with van der Waals surface area (Å²) in [6, 6.07) is 4.63. The van der Waals surface area contributed by atoms with Gasteiger partial charge in [-0.2, -0.15) is 0 Å². The zero-order valence-electron chi connectivity index (χ0n) is 10.7. The van der Waals surface area contributed by atoms with Gasteiger partial charge in [0.1, 0.15) is 11.5 Å². The summed E-state index contributed by atoms with van der Waals surface area (Å²) in [5, 5.41) is 14.0. The van der Waals surface area contributed by atoms with E-state index in [-0.39, 0.29) is 17.4 Å². The Morgan fingerprint density at radius 2 is 2.26 bits per heavy atom. The summed E-state index contributed by atoms with van der Waals surface area (Å²) in [4.78, 5) is 22.2. The van der Waals surface area contributed by atoms with Gasteiger partial charge in [0.25, 0.3) is 5.69 Å². The topological polar surface area (TPSA) is 81.5 Å². The van der Waals surface area contributed by atoms with Crippen LogP contribution in [0, 0.1) is 16.0 Å². The van der Waals surface area contributed by atoms with Crippen LogP contribution in [-0.4, -0.2) is 30.9 Å². The molecule has 0 bridgehead atoms. The lowest BCUT2D eigenvalue weighted by Crippen LogP contribution is -2.37. The van der Waals surface area contributed by atoms with Gasteiger partial charge >= 0.3 is 0 Å². The predicted molar refractivity (Wildman–Crippen MR) is 69.3 cm³/mol. The summed E-state index contributed by atoms with van der Waals surface area (Å²) in [5.74, 6) is 0.546. The summed E-state index contributed by atoms with van der Waals surface area (Å²) >= 11 is 0. The van der Waals surface area contributed by atoms with Crippen LogP contribution in [0.5, 0.6) is 5.75 Å². The molecule has 0 radical (unpaired) electrons. The van der Waals surface area contributed by atoms with Crippen molar-refractivity contribution in [2.75, 3.05) is 20.2 Å². The van der Waals surface area contributed by atoms with Gasteiger partial charge in [0.2, 0.25) is 0 Å². The van der Waals surface area contributed by atoms with Gasteiger partial charge < -0.3 is 10.1 Å². The van der Waals surface area contributed by atoms with Crippen LogP contribution in [0.25, 0.3) is 0 Å². The lowest BCUT2D eigenvalue weighted by atomic mass is 9.91. The second-order valence-electron chi connectivity index (χ2n) is 4.62. The van der Waals surface area contributed by atoms with Gasteiger partial charge in [0.05, 0.1) is 18.1 Å². The van der Waals surface area contributed by atoms with E-state index < -0.39 is 4.92 Å². The van der Waals surface area contributed by atoms with Crippen molar-refractivity contribution in [3.05, 3.63) is 33.9 Å². The highest BCUT2D eigenvalue weighted by Gasteiger charge is 2.23. The normalized spacial score (nSPS) is 19.2. The molecule has 1 unspecified atom stereocenters. The zero-order chi connectivity index (χ0) is 13.8. The molecule has 1 aromatic rings. The van der Waals surface area contributed by atoms with E-state index in [1.165, 1.54) is 19.2 Å². The van der Waals surface area contributed by atoms with E-state index >= 15 is 0 Å². The van der Waals surface area contributed by atoms with Crippen LogP contribution in [0.15, 0.2) is 18.2 Å². The maximum atomic E-state index is 11.8. The number of Topliss-reactive ketones (excluding diaryl/α,β-unsaturated/α-hetero) is 1. The maximum Gasteiger partial charge on any atom is 0.273 e. The molecule has 19 heavy (non-hydrogen) atoms. The molecule has 2 rings (SSSR count). The molecule has 102 valence electrons. The number of piperidine rings is 1. The number of ketones is 1. The molecule has 0 amide bonds. The highest BCUT2D eigenvalue weighted by atomic mass is 16.6. The van der Waals surface area contributed by atoms with Crippen LogP contribution < -0.4 is 10.1 Å². The SMILES string of the molecule is COc1cc(CC2CNCCC2=O)cc([N+](=O)[O-])c1. The highest BCUT2D eigenvalue weighted by molar-refractivity contribution is 5.82. The van der Waals surface area contributed by atoms with Crippen molar-refractivity contribution in [1.29, 1.82) is 0 Å². The second-order valence-corrected chi connectivity index (χ2v) is 4.62. The standard InChI is InChI=1S/C13H16N2O4/c1-19-12-6-9(5-11(7-12)15(17)18)4-10-8-14-3-2-13(10)16/h5-7,10,14H,2-4,8H2,1H3. The summed E-state index contributed by atoms with van der Waals surface area (Å²) < 4.78 is 5.06. The van der Waals surface area contributed by atoms with Crippen LogP contribution in [0.4, 0.5) is 5.69 Å². The van der Waals surface area contributed by atoms with Crippen molar-refractivity contribution < 1.29 is 14.5 Å². The van der Waals surface area contributed by atoms with Gasteiger partial charge in [0, 0.05) is 31.5 Å². The monoisotopic (exact) mass is 264 g/mol. The minimum absolute atomic E-state index is 0.00873. The van der Waals surface area contributed by atoms with Gasteiger partial charge in [-0.25, -0.2) is 0 Å². The molecule has 1 aliphatic heterocycles. The fourth-order valence-corrected chi connectivity index (χ4v) is 2.26. The predicted octanol–water partition coefficient (Wildman–Crippen LogP) is 1.32. The number of methoxy groups -OCH3 is 1. The first kappa shape index (κ1) is 13.5. The molecular weight excluding hydrogens is 248 g/mol. The van der Waals surface area contributed by atoms with E-state index in [1.54, 1.807) is 6.07 Å². The molecule has 1 saturated heterocycles. The molecule has 0 saturated carbocycles. The molecule has 1 aromatic carbocycles. The van der Waals surface area contributed by atoms with Crippen LogP contribution in [0.2, 0.25) is 0 Å². The number of benzene rings is 1. The van der Waals surface area contributed by atoms with Gasteiger partial charge in [-0.15, -0.1) is 0 Å². The molecule has 6 nitrogen and oxygen atoms in total. The third-order valence-corrected chi connectivity index (χ3v) is 3.27. The number of carbonyl (C=O) groups excluding carboxylic acids is 1. The Labute approximate surface area is 110 Å². The average molecular weight is 264 g/mol. The number of carbonyl (C=O) groups is 1. The second kappa shape index (κ2) is 5.79. The zero-order valence-corrected chi connectivity index (χ0v) is 10.7. The number of nitro benzene ring substituents is 1. The summed E-state index contributed by atoms with van der Waals surface area (Å²) in [6.07, 6.45) is 1.03. The van der Waals surface area contributed by atoms with Crippen molar-refractivity contribution in [3.63, 3.8) is 0 Å². The lowest BCUT2D eigenvalue weighted by molar-refractivity contribution is -0.385. The summed E-state index contributed by atoms with van der Waals surface area (Å²) in [7, 11) is 1.47. The molecule has 0 spiro atoms. The minimum atomic E-state index is -0.451. The largest absolute Gasteiger partial charge is 0.496 e. The minimum Gasteiger partial charge on any atom is -0.496 e. The lowest BCUT2D eigenvalue weighted by Gasteiger charge is -2.21. The molecule has 0 aliphatic carbocycles. The van der Waals surface area contributed by atoms with Crippen molar-refractivity contribution in [2.45, 2.75) is 12.8 Å². The highest BCUT2D eigenvalue weighted by Crippen LogP contribution is 2.25. The molecule has 1 atom stereocenters. The summed E-state index contributed by atoms with van der Waals surface area (Å²) in [6.45, 7) is 1.34. The van der Waals surface area contributed by atoms with E-state index in [1.807, 2.05) is 0 Å². The van der Waals surface area contributed by atoms with Crippen molar-refractivity contribution in [1.82, 2.24) is 5.32 Å². The Morgan fingerprint density at radius 1 is 1.47 bits per heavy atom. The number of hydrogen-bond donors (Lipinski definition) is 1. The third kappa shape index (κ3) is 3.29. The number of nitrogens with one attached hydrogen (secondary N) is 1. The first-order valence-corrected chi connectivity index (χ1v) is 6.16. The van der Waals surface area contributed by atoms with Crippen LogP contribution >= 0.6 is 0 Å². The van der Waals surface area contributed by atoms with E-state index in [0.29, 0.717) is 31.7 Å². The first-order valence-electron chi connectivity index (χ1n) is 6.16. The Hall–Kier alpha value is -1.95. The van der Waals surface area contributed by atoms with E-state index in [9.17, 15) is 14.9 Å². The molecule has 1 N–H and O–H groups in total. The number of ether oxygens (including phenoxy) is 1. The Kier molecular flexibility index (Phi) is 4.11. The number of non-ortho nitro benzene ring substituents is 1. The number of rotatable bonds is 4. The quantitative estimate of drug-likeness (QED) is 0.655. The Bertz CT molecular complexity index is 501. The number of hydrogen-bond acceptors (Lipinski definition) is 5. The van der Waals surface area contributed by atoms with E-state index in [0.717, 1.165) is 5.56 Å². The number of nitro groups is 1. The molecule has 0 aromatic heterocycles. The average Bonchev–Trinajstić information content (AvgIpc) is 2.41. The maximum absolute atomic E-state index is 11.8. The van der Waals surface area contributed by atoms with Gasteiger partial charge in [-0.3, -0.25) is 14.9 Å². The molecule has 1 heterocycles. The molecular formula is C13H16N2O4. The fourth-order valence-electron chi connectivity index (χ4n) is 2.26. The molecule has 1 aliphatic rings. The molecule has 6 heteroatoms. The van der Waals surface area contributed by atoms with E-state index in [2.05, 4.69) is 5.32 Å². The van der Waals surface area contributed by atoms with Gasteiger partial charge in [0.15, 0.2) is 0 Å². The first-order chi connectivity index (χ1) is 9.10. The fraction of sp³-hybridized carbons (Fsp3) is 0.462. The summed E-state index contributed by atoms with van der Waals surface area (Å²) in [5.41, 5.74) is 0.749. The van der Waals surface area contributed by atoms with E-state index in [4.69, 9.17) is 4.74 Å². The molecule has 1 fully saturated rings. The van der Waals surface area contributed by atoms with Crippen molar-refractivity contribution in [3.8, 4) is 5.75 Å². The third-order valence-electron chi connectivity index (χ3n) is 3.27. The van der Waals surface area contributed by atoms with Crippen LogP contribution in [0.1, 0.15) is 12.0 Å². The van der Waals surface area contributed by atoms with Crippen molar-refractivity contribution in [2.24, 2.45) is 5.92 Å².